The van der Waals surface area contributed by atoms with Crippen LogP contribution in [-0.4, -0.2) is 22.5 Å². The van der Waals surface area contributed by atoms with Gasteiger partial charge in [-0.1, -0.05) is 0 Å². The van der Waals surface area contributed by atoms with Crippen LogP contribution in [0.5, 0.6) is 0 Å². The second-order valence-corrected chi connectivity index (χ2v) is 5.03. The molecule has 2 aromatic heterocycles. The standard InChI is InChI=1S/C13H12N4O2S/c1-3-19-13(18)11-12(20-8(2)16-11)17-10-4-9(5-14)6-15-7-10/h4,6-7,17H,3H2,1-2H3. The van der Waals surface area contributed by atoms with Crippen molar-refractivity contribution in [3.05, 3.63) is 34.7 Å². The molecular formula is C13H12N4O2S. The lowest BCUT2D eigenvalue weighted by molar-refractivity contribution is 0.0521. The van der Waals surface area contributed by atoms with Crippen LogP contribution in [0.1, 0.15) is 28.0 Å². The van der Waals surface area contributed by atoms with Gasteiger partial charge in [-0.05, 0) is 19.9 Å². The van der Waals surface area contributed by atoms with Crippen LogP contribution in [-0.2, 0) is 4.74 Å². The molecule has 20 heavy (non-hydrogen) atoms. The lowest BCUT2D eigenvalue weighted by atomic mass is 10.3. The number of nitrogens with one attached hydrogen (secondary N) is 1. The Kier molecular flexibility index (Phi) is 4.27. The molecule has 6 nitrogen and oxygen atoms in total. The van der Waals surface area contributed by atoms with E-state index in [2.05, 4.69) is 15.3 Å². The van der Waals surface area contributed by atoms with Gasteiger partial charge in [0.2, 0.25) is 0 Å². The zero-order valence-corrected chi connectivity index (χ0v) is 11.8. The van der Waals surface area contributed by atoms with Gasteiger partial charge in [-0.2, -0.15) is 5.26 Å². The van der Waals surface area contributed by atoms with Crippen LogP contribution in [0.25, 0.3) is 0 Å². The van der Waals surface area contributed by atoms with E-state index in [0.717, 1.165) is 5.01 Å². The predicted molar refractivity (Wildman–Crippen MR) is 75.0 cm³/mol. The Bertz CT molecular complexity index is 675. The van der Waals surface area contributed by atoms with Crippen LogP contribution < -0.4 is 5.32 Å². The fourth-order valence-electron chi connectivity index (χ4n) is 1.55. The third-order valence-corrected chi connectivity index (χ3v) is 3.21. The van der Waals surface area contributed by atoms with Crippen LogP contribution in [0.2, 0.25) is 0 Å². The molecule has 0 fully saturated rings. The number of anilines is 2. The predicted octanol–water partition coefficient (Wildman–Crippen LogP) is 2.64. The van der Waals surface area contributed by atoms with Gasteiger partial charge in [0.25, 0.3) is 0 Å². The summed E-state index contributed by atoms with van der Waals surface area (Å²) in [4.78, 5) is 19.9. The van der Waals surface area contributed by atoms with Crippen molar-refractivity contribution in [2.24, 2.45) is 0 Å². The number of pyridine rings is 1. The monoisotopic (exact) mass is 288 g/mol. The van der Waals surface area contributed by atoms with Gasteiger partial charge in [0.05, 0.1) is 29.1 Å². The van der Waals surface area contributed by atoms with Gasteiger partial charge < -0.3 is 10.1 Å². The Hall–Kier alpha value is -2.46. The molecular weight excluding hydrogens is 276 g/mol. The fraction of sp³-hybridized carbons (Fsp3) is 0.231. The van der Waals surface area contributed by atoms with E-state index in [1.807, 2.05) is 13.0 Å². The van der Waals surface area contributed by atoms with E-state index < -0.39 is 5.97 Å². The number of aromatic nitrogens is 2. The zero-order valence-electron chi connectivity index (χ0n) is 11.0. The second kappa shape index (κ2) is 6.12. The highest BCUT2D eigenvalue weighted by Gasteiger charge is 2.18. The van der Waals surface area contributed by atoms with Crippen molar-refractivity contribution >= 4 is 28.0 Å². The number of nitrogens with zero attached hydrogens (tertiary/aromatic N) is 3. The average Bonchev–Trinajstić information content (AvgIpc) is 2.80. The van der Waals surface area contributed by atoms with Gasteiger partial charge in [-0.15, -0.1) is 11.3 Å². The number of rotatable bonds is 4. The molecule has 0 aliphatic rings. The SMILES string of the molecule is CCOC(=O)c1nc(C)sc1Nc1cncc(C#N)c1. The minimum absolute atomic E-state index is 0.247. The Labute approximate surface area is 120 Å². The number of thiazole rings is 1. The van der Waals surface area contributed by atoms with Crippen LogP contribution >= 0.6 is 11.3 Å². The number of nitriles is 1. The molecule has 0 amide bonds. The summed E-state index contributed by atoms with van der Waals surface area (Å²) in [6.07, 6.45) is 3.04. The van der Waals surface area contributed by atoms with E-state index in [0.29, 0.717) is 22.9 Å². The van der Waals surface area contributed by atoms with Gasteiger partial charge in [0.15, 0.2) is 5.69 Å². The van der Waals surface area contributed by atoms with Crippen molar-refractivity contribution in [1.29, 1.82) is 5.26 Å². The lowest BCUT2D eigenvalue weighted by Gasteiger charge is -2.05. The smallest absolute Gasteiger partial charge is 0.360 e. The van der Waals surface area contributed by atoms with Crippen LogP contribution in [0, 0.1) is 18.3 Å². The molecule has 0 unspecified atom stereocenters. The highest BCUT2D eigenvalue weighted by atomic mass is 32.1. The molecule has 0 atom stereocenters. The summed E-state index contributed by atoms with van der Waals surface area (Å²) in [5, 5.41) is 13.2. The van der Waals surface area contributed by atoms with E-state index in [-0.39, 0.29) is 5.69 Å². The number of carbonyl (C=O) groups is 1. The highest BCUT2D eigenvalue weighted by molar-refractivity contribution is 7.16. The molecule has 2 rings (SSSR count). The summed E-state index contributed by atoms with van der Waals surface area (Å²) in [6.45, 7) is 3.84. The maximum absolute atomic E-state index is 11.8. The van der Waals surface area contributed by atoms with Crippen molar-refractivity contribution in [1.82, 2.24) is 9.97 Å². The second-order valence-electron chi connectivity index (χ2n) is 3.83. The average molecular weight is 288 g/mol. The van der Waals surface area contributed by atoms with Crippen molar-refractivity contribution in [2.45, 2.75) is 13.8 Å². The minimum atomic E-state index is -0.469. The van der Waals surface area contributed by atoms with Crippen molar-refractivity contribution in [2.75, 3.05) is 11.9 Å². The van der Waals surface area contributed by atoms with Crippen molar-refractivity contribution in [3.8, 4) is 6.07 Å². The third-order valence-electron chi connectivity index (χ3n) is 2.33. The number of hydrogen-bond donors (Lipinski definition) is 1. The van der Waals surface area contributed by atoms with Gasteiger partial charge in [-0.25, -0.2) is 9.78 Å². The number of esters is 1. The molecule has 0 saturated heterocycles. The van der Waals surface area contributed by atoms with Crippen LogP contribution in [0.15, 0.2) is 18.5 Å². The Balaban J connectivity index is 2.29. The summed E-state index contributed by atoms with van der Waals surface area (Å²) in [5.74, 6) is -0.469. The topological polar surface area (TPSA) is 87.9 Å². The number of hydrogen-bond acceptors (Lipinski definition) is 7. The molecule has 2 heterocycles. The van der Waals surface area contributed by atoms with Crippen LogP contribution in [0.4, 0.5) is 10.7 Å². The van der Waals surface area contributed by atoms with Gasteiger partial charge >= 0.3 is 5.97 Å². The molecule has 0 spiro atoms. The fourth-order valence-corrected chi connectivity index (χ4v) is 2.38. The highest BCUT2D eigenvalue weighted by Crippen LogP contribution is 2.28. The molecule has 2 aromatic rings. The maximum Gasteiger partial charge on any atom is 0.360 e. The molecule has 0 bridgehead atoms. The quantitative estimate of drug-likeness (QED) is 0.870. The molecule has 1 N–H and O–H groups in total. The molecule has 102 valence electrons. The Morgan fingerprint density at radius 1 is 1.55 bits per heavy atom. The van der Waals surface area contributed by atoms with Crippen molar-refractivity contribution < 1.29 is 9.53 Å². The largest absolute Gasteiger partial charge is 0.461 e. The molecule has 0 saturated carbocycles. The van der Waals surface area contributed by atoms with Gasteiger partial charge in [-0.3, -0.25) is 4.98 Å². The van der Waals surface area contributed by atoms with Crippen LogP contribution in [0.3, 0.4) is 0 Å². The zero-order chi connectivity index (χ0) is 14.5. The van der Waals surface area contributed by atoms with Gasteiger partial charge in [0.1, 0.15) is 11.1 Å². The number of carbonyl (C=O) groups excluding carboxylic acids is 1. The minimum Gasteiger partial charge on any atom is -0.461 e. The molecule has 7 heteroatoms. The van der Waals surface area contributed by atoms with E-state index in [1.165, 1.54) is 17.5 Å². The summed E-state index contributed by atoms with van der Waals surface area (Å²) in [7, 11) is 0. The third kappa shape index (κ3) is 3.10. The summed E-state index contributed by atoms with van der Waals surface area (Å²) < 4.78 is 4.96. The Morgan fingerprint density at radius 2 is 2.35 bits per heavy atom. The van der Waals surface area contributed by atoms with E-state index in [1.54, 1.807) is 19.2 Å². The summed E-state index contributed by atoms with van der Waals surface area (Å²) in [6, 6.07) is 3.66. The first-order valence-electron chi connectivity index (χ1n) is 5.90. The van der Waals surface area contributed by atoms with E-state index >= 15 is 0 Å². The Morgan fingerprint density at radius 3 is 3.05 bits per heavy atom. The van der Waals surface area contributed by atoms with Crippen molar-refractivity contribution in [3.63, 3.8) is 0 Å². The van der Waals surface area contributed by atoms with E-state index in [9.17, 15) is 4.79 Å². The lowest BCUT2D eigenvalue weighted by Crippen LogP contribution is -2.07. The first-order chi connectivity index (χ1) is 9.63. The molecule has 0 aliphatic carbocycles. The summed E-state index contributed by atoms with van der Waals surface area (Å²) in [5.41, 5.74) is 1.31. The van der Waals surface area contributed by atoms with E-state index in [4.69, 9.17) is 10.00 Å². The number of aryl methyl sites for hydroxylation is 1. The van der Waals surface area contributed by atoms with Gasteiger partial charge in [0, 0.05) is 6.20 Å². The molecule has 0 aliphatic heterocycles. The molecule has 0 aromatic carbocycles. The maximum atomic E-state index is 11.8. The summed E-state index contributed by atoms with van der Waals surface area (Å²) >= 11 is 1.34. The first kappa shape index (κ1) is 14.0. The number of ether oxygens (including phenoxy) is 1. The first-order valence-corrected chi connectivity index (χ1v) is 6.72. The normalized spacial score (nSPS) is 9.85. The molecule has 0 radical (unpaired) electrons.